The van der Waals surface area contributed by atoms with E-state index in [9.17, 15) is 0 Å². The van der Waals surface area contributed by atoms with Crippen LogP contribution in [0.5, 0.6) is 0 Å². The van der Waals surface area contributed by atoms with Gasteiger partial charge in [0.2, 0.25) is 0 Å². The fourth-order valence-electron chi connectivity index (χ4n) is 1.42. The highest BCUT2D eigenvalue weighted by atomic mass is 14.1. The largest absolute Gasteiger partial charge is 0.0942 e. The zero-order chi connectivity index (χ0) is 9.10. The van der Waals surface area contributed by atoms with Gasteiger partial charge in [0.25, 0.3) is 0 Å². The summed E-state index contributed by atoms with van der Waals surface area (Å²) in [5.41, 5.74) is 2.21. The van der Waals surface area contributed by atoms with Crippen LogP contribution in [-0.4, -0.2) is 0 Å². The standard InChI is InChI=1S/C13H10/c1-11-7-5-6-10-13(11)12-8-3-2-4-9-12/h2-6,8-9,13H,1H2. The number of allylic oxidation sites excluding steroid dienone is 5. The lowest BCUT2D eigenvalue weighted by molar-refractivity contribution is 0.983. The lowest BCUT2D eigenvalue weighted by Gasteiger charge is -2.14. The van der Waals surface area contributed by atoms with Crippen LogP contribution in [0.25, 0.3) is 0 Å². The summed E-state index contributed by atoms with van der Waals surface area (Å²) < 4.78 is 0. The maximum atomic E-state index is 3.95. The summed E-state index contributed by atoms with van der Waals surface area (Å²) >= 11 is 0. The minimum Gasteiger partial charge on any atom is -0.0942 e. The Morgan fingerprint density at radius 1 is 1.08 bits per heavy atom. The van der Waals surface area contributed by atoms with Crippen LogP contribution in [0.3, 0.4) is 0 Å². The summed E-state index contributed by atoms with van der Waals surface area (Å²) in [5.74, 6) is 0.186. The molecule has 13 heavy (non-hydrogen) atoms. The van der Waals surface area contributed by atoms with Crippen molar-refractivity contribution in [3.05, 3.63) is 72.4 Å². The van der Waals surface area contributed by atoms with Crippen LogP contribution in [0.15, 0.2) is 54.6 Å². The first-order chi connectivity index (χ1) is 6.38. The van der Waals surface area contributed by atoms with Crippen LogP contribution < -0.4 is 0 Å². The van der Waals surface area contributed by atoms with Crippen LogP contribution in [0.4, 0.5) is 0 Å². The molecule has 1 aromatic rings. The van der Waals surface area contributed by atoms with Crippen molar-refractivity contribution in [1.82, 2.24) is 0 Å². The van der Waals surface area contributed by atoms with Crippen molar-refractivity contribution in [3.8, 4) is 0 Å². The molecule has 0 bridgehead atoms. The molecule has 1 atom stereocenters. The van der Waals surface area contributed by atoms with Crippen LogP contribution in [-0.2, 0) is 0 Å². The van der Waals surface area contributed by atoms with E-state index in [1.54, 1.807) is 0 Å². The Hall–Kier alpha value is -1.56. The molecule has 0 aromatic heterocycles. The summed E-state index contributed by atoms with van der Waals surface area (Å²) in [5, 5.41) is 0. The van der Waals surface area contributed by atoms with E-state index in [4.69, 9.17) is 0 Å². The number of rotatable bonds is 1. The Balaban J connectivity index is 2.32. The second kappa shape index (κ2) is 3.44. The van der Waals surface area contributed by atoms with Crippen LogP contribution >= 0.6 is 0 Å². The van der Waals surface area contributed by atoms with Crippen LogP contribution in [0.1, 0.15) is 11.5 Å². The Bertz CT molecular complexity index is 355. The molecule has 0 aliphatic heterocycles. The fraction of sp³-hybridized carbons (Fsp3) is 0.0769. The normalized spacial score (nSPS) is 20.6. The summed E-state index contributed by atoms with van der Waals surface area (Å²) in [6.45, 7) is 3.95. The maximum absolute atomic E-state index is 3.95. The van der Waals surface area contributed by atoms with Gasteiger partial charge in [0.05, 0.1) is 0 Å². The average molecular weight is 166 g/mol. The highest BCUT2D eigenvalue weighted by Gasteiger charge is 2.11. The predicted molar refractivity (Wildman–Crippen MR) is 53.9 cm³/mol. The molecule has 0 N–H and O–H groups in total. The second-order valence-corrected chi connectivity index (χ2v) is 3.01. The Kier molecular flexibility index (Phi) is 2.13. The van der Waals surface area contributed by atoms with Gasteiger partial charge in [0.15, 0.2) is 0 Å². The molecular formula is C13H10. The third kappa shape index (κ3) is 1.62. The van der Waals surface area contributed by atoms with Crippen molar-refractivity contribution in [2.75, 3.05) is 0 Å². The molecule has 0 spiro atoms. The summed E-state index contributed by atoms with van der Waals surface area (Å²) in [6.07, 6.45) is 10.1. The smallest absolute Gasteiger partial charge is 0.0343 e. The van der Waals surface area contributed by atoms with E-state index in [0.29, 0.717) is 0 Å². The van der Waals surface area contributed by atoms with Crippen molar-refractivity contribution in [1.29, 1.82) is 0 Å². The molecule has 62 valence electrons. The average Bonchev–Trinajstić information content (AvgIpc) is 2.20. The van der Waals surface area contributed by atoms with Crippen molar-refractivity contribution in [2.24, 2.45) is 0 Å². The van der Waals surface area contributed by atoms with E-state index < -0.39 is 0 Å². The predicted octanol–water partition coefficient (Wildman–Crippen LogP) is 3.06. The van der Waals surface area contributed by atoms with Crippen molar-refractivity contribution in [3.63, 3.8) is 0 Å². The lowest BCUT2D eigenvalue weighted by Crippen LogP contribution is -1.99. The molecule has 0 amide bonds. The van der Waals surface area contributed by atoms with Gasteiger partial charge in [-0.25, -0.2) is 0 Å². The van der Waals surface area contributed by atoms with Crippen LogP contribution in [0.2, 0.25) is 0 Å². The molecule has 1 aliphatic carbocycles. The van der Waals surface area contributed by atoms with Gasteiger partial charge in [0, 0.05) is 5.92 Å². The minimum atomic E-state index is 0.186. The Labute approximate surface area is 78.9 Å². The molecular weight excluding hydrogens is 156 g/mol. The second-order valence-electron chi connectivity index (χ2n) is 3.01. The molecule has 0 nitrogen and oxygen atoms in total. The van der Waals surface area contributed by atoms with Crippen molar-refractivity contribution < 1.29 is 0 Å². The lowest BCUT2D eigenvalue weighted by atomic mass is 9.89. The zero-order valence-corrected chi connectivity index (χ0v) is 7.33. The fourth-order valence-corrected chi connectivity index (χ4v) is 1.42. The molecule has 0 heteroatoms. The van der Waals surface area contributed by atoms with E-state index in [2.05, 4.69) is 30.9 Å². The summed E-state index contributed by atoms with van der Waals surface area (Å²) in [6, 6.07) is 10.2. The third-order valence-corrected chi connectivity index (χ3v) is 2.10. The molecule has 1 aromatic carbocycles. The van der Waals surface area contributed by atoms with Gasteiger partial charge in [0.1, 0.15) is 0 Å². The van der Waals surface area contributed by atoms with Crippen molar-refractivity contribution >= 4 is 0 Å². The van der Waals surface area contributed by atoms with Crippen molar-refractivity contribution in [2.45, 2.75) is 5.92 Å². The van der Waals surface area contributed by atoms with E-state index in [1.807, 2.05) is 30.4 Å². The number of benzene rings is 1. The quantitative estimate of drug-likeness (QED) is 0.601. The van der Waals surface area contributed by atoms with Gasteiger partial charge in [-0.3, -0.25) is 0 Å². The molecule has 1 aliphatic rings. The summed E-state index contributed by atoms with van der Waals surface area (Å²) in [7, 11) is 0. The highest BCUT2D eigenvalue weighted by Crippen LogP contribution is 2.26. The van der Waals surface area contributed by atoms with Gasteiger partial charge < -0.3 is 0 Å². The first-order valence-electron chi connectivity index (χ1n) is 4.29. The SMILES string of the molecule is C=C1[C]=CC=[C]C1c1ccccc1. The molecule has 2 radical (unpaired) electrons. The highest BCUT2D eigenvalue weighted by molar-refractivity contribution is 5.37. The summed E-state index contributed by atoms with van der Waals surface area (Å²) in [4.78, 5) is 0. The van der Waals surface area contributed by atoms with Gasteiger partial charge in [-0.15, -0.1) is 0 Å². The zero-order valence-electron chi connectivity index (χ0n) is 7.33. The number of hydrogen-bond donors (Lipinski definition) is 0. The van der Waals surface area contributed by atoms with E-state index >= 15 is 0 Å². The molecule has 2 rings (SSSR count). The molecule has 1 unspecified atom stereocenters. The molecule has 0 saturated heterocycles. The van der Waals surface area contributed by atoms with Gasteiger partial charge in [-0.05, 0) is 23.3 Å². The first kappa shape index (κ1) is 8.06. The molecule has 0 fully saturated rings. The topological polar surface area (TPSA) is 0 Å². The number of hydrogen-bond acceptors (Lipinski definition) is 0. The Morgan fingerprint density at radius 3 is 2.54 bits per heavy atom. The van der Waals surface area contributed by atoms with Gasteiger partial charge in [-0.2, -0.15) is 0 Å². The molecule has 0 saturated carbocycles. The monoisotopic (exact) mass is 166 g/mol. The van der Waals surface area contributed by atoms with Gasteiger partial charge in [-0.1, -0.05) is 49.1 Å². The Morgan fingerprint density at radius 2 is 1.85 bits per heavy atom. The van der Waals surface area contributed by atoms with E-state index in [1.165, 1.54) is 5.56 Å². The van der Waals surface area contributed by atoms with Crippen LogP contribution in [0, 0.1) is 12.2 Å². The maximum Gasteiger partial charge on any atom is 0.0343 e. The third-order valence-electron chi connectivity index (χ3n) is 2.10. The van der Waals surface area contributed by atoms with E-state index in [0.717, 1.165) is 5.57 Å². The van der Waals surface area contributed by atoms with Gasteiger partial charge >= 0.3 is 0 Å². The first-order valence-corrected chi connectivity index (χ1v) is 4.29. The van der Waals surface area contributed by atoms with E-state index in [-0.39, 0.29) is 5.92 Å². The minimum absolute atomic E-state index is 0.186. The molecule has 0 heterocycles.